The van der Waals surface area contributed by atoms with Crippen LogP contribution >= 0.6 is 0 Å². The Kier molecular flexibility index (Phi) is 3.91. The molecule has 1 aromatic rings. The van der Waals surface area contributed by atoms with Crippen molar-refractivity contribution in [1.29, 1.82) is 0 Å². The van der Waals surface area contributed by atoms with Crippen molar-refractivity contribution in [2.45, 2.75) is 38.1 Å². The number of benzene rings is 1. The molecular weight excluding hydrogens is 242 g/mol. The van der Waals surface area contributed by atoms with E-state index in [1.165, 1.54) is 0 Å². The van der Waals surface area contributed by atoms with Crippen LogP contribution in [0.15, 0.2) is 17.1 Å². The number of hydrogen-bond acceptors (Lipinski definition) is 4. The Labute approximate surface area is 113 Å². The van der Waals surface area contributed by atoms with Gasteiger partial charge in [-0.3, -0.25) is 0 Å². The highest BCUT2D eigenvalue weighted by Crippen LogP contribution is 2.47. The number of aryl methyl sites for hydroxylation is 1. The van der Waals surface area contributed by atoms with Crippen molar-refractivity contribution < 1.29 is 14.3 Å². The van der Waals surface area contributed by atoms with Gasteiger partial charge >= 0.3 is 0 Å². The summed E-state index contributed by atoms with van der Waals surface area (Å²) in [4.78, 5) is 14.9. The zero-order chi connectivity index (χ0) is 13.9. The summed E-state index contributed by atoms with van der Waals surface area (Å²) in [6.07, 6.45) is 5.56. The van der Waals surface area contributed by atoms with E-state index in [9.17, 15) is 4.79 Å². The smallest absolute Gasteiger partial charge is 0.235 e. The first-order valence-electron chi connectivity index (χ1n) is 6.49. The molecule has 0 aliphatic heterocycles. The van der Waals surface area contributed by atoms with Gasteiger partial charge in [0.2, 0.25) is 6.08 Å². The third kappa shape index (κ3) is 2.36. The van der Waals surface area contributed by atoms with E-state index in [0.717, 1.165) is 48.3 Å². The Balaban J connectivity index is 2.61. The van der Waals surface area contributed by atoms with Crippen LogP contribution in [-0.4, -0.2) is 20.3 Å². The second-order valence-electron chi connectivity index (χ2n) is 4.96. The molecule has 1 fully saturated rings. The lowest BCUT2D eigenvalue weighted by Gasteiger charge is -2.26. The fourth-order valence-corrected chi connectivity index (χ4v) is 2.90. The Morgan fingerprint density at radius 1 is 1.16 bits per heavy atom. The third-order valence-corrected chi connectivity index (χ3v) is 3.91. The molecule has 19 heavy (non-hydrogen) atoms. The van der Waals surface area contributed by atoms with Crippen molar-refractivity contribution in [1.82, 2.24) is 0 Å². The third-order valence-electron chi connectivity index (χ3n) is 3.91. The summed E-state index contributed by atoms with van der Waals surface area (Å²) < 4.78 is 10.8. The molecule has 1 saturated carbocycles. The first kappa shape index (κ1) is 13.6. The molecule has 1 aliphatic rings. The normalized spacial score (nSPS) is 16.8. The maximum absolute atomic E-state index is 10.8. The molecule has 1 aromatic carbocycles. The molecule has 0 atom stereocenters. The van der Waals surface area contributed by atoms with Gasteiger partial charge in [-0.2, -0.15) is 4.99 Å². The topological polar surface area (TPSA) is 47.9 Å². The van der Waals surface area contributed by atoms with Crippen LogP contribution in [0.3, 0.4) is 0 Å². The maximum Gasteiger partial charge on any atom is 0.235 e. The van der Waals surface area contributed by atoms with Crippen molar-refractivity contribution in [2.75, 3.05) is 14.2 Å². The van der Waals surface area contributed by atoms with Crippen LogP contribution in [0.4, 0.5) is 0 Å². The Morgan fingerprint density at radius 2 is 1.79 bits per heavy atom. The van der Waals surface area contributed by atoms with Crippen LogP contribution in [0.1, 0.15) is 36.8 Å². The average Bonchev–Trinajstić information content (AvgIpc) is 2.88. The molecule has 0 spiro atoms. The summed E-state index contributed by atoms with van der Waals surface area (Å²) in [6.45, 7) is 1.97. The predicted octanol–water partition coefficient (Wildman–Crippen LogP) is 3.12. The second kappa shape index (κ2) is 5.45. The van der Waals surface area contributed by atoms with Gasteiger partial charge < -0.3 is 9.47 Å². The summed E-state index contributed by atoms with van der Waals surface area (Å²) in [5.74, 6) is 1.56. The molecule has 0 bridgehead atoms. The van der Waals surface area contributed by atoms with Gasteiger partial charge in [0.15, 0.2) is 0 Å². The summed E-state index contributed by atoms with van der Waals surface area (Å²) in [6, 6.07) is 3.88. The van der Waals surface area contributed by atoms with Crippen LogP contribution in [0, 0.1) is 6.92 Å². The monoisotopic (exact) mass is 261 g/mol. The highest BCUT2D eigenvalue weighted by atomic mass is 16.5. The van der Waals surface area contributed by atoms with Gasteiger partial charge in [0.25, 0.3) is 0 Å². The molecule has 0 N–H and O–H groups in total. The summed E-state index contributed by atoms with van der Waals surface area (Å²) >= 11 is 0. The molecular formula is C15H19NO3. The van der Waals surface area contributed by atoms with Crippen LogP contribution < -0.4 is 9.47 Å². The van der Waals surface area contributed by atoms with Gasteiger partial charge in [-0.05, 0) is 37.5 Å². The van der Waals surface area contributed by atoms with E-state index >= 15 is 0 Å². The largest absolute Gasteiger partial charge is 0.496 e. The number of rotatable bonds is 4. The Bertz CT molecular complexity index is 512. The van der Waals surface area contributed by atoms with E-state index in [-0.39, 0.29) is 0 Å². The number of carbonyl (C=O) groups excluding carboxylic acids is 1. The molecule has 0 unspecified atom stereocenters. The number of isocyanates is 1. The number of ether oxygens (including phenoxy) is 2. The minimum absolute atomic E-state index is 0.492. The molecule has 102 valence electrons. The van der Waals surface area contributed by atoms with E-state index in [1.54, 1.807) is 20.3 Å². The Hall–Kier alpha value is -1.80. The van der Waals surface area contributed by atoms with E-state index < -0.39 is 5.54 Å². The van der Waals surface area contributed by atoms with Gasteiger partial charge in [0, 0.05) is 5.56 Å². The number of hydrogen-bond donors (Lipinski definition) is 0. The van der Waals surface area contributed by atoms with Crippen LogP contribution in [-0.2, 0) is 10.3 Å². The highest BCUT2D eigenvalue weighted by molar-refractivity contribution is 5.51. The SMILES string of the molecule is COc1cc(C2(N=C=O)CCCC2)c(OC)cc1C. The lowest BCUT2D eigenvalue weighted by molar-refractivity contribution is 0.370. The summed E-state index contributed by atoms with van der Waals surface area (Å²) in [5, 5.41) is 0. The number of methoxy groups -OCH3 is 2. The lowest BCUT2D eigenvalue weighted by Crippen LogP contribution is -2.20. The van der Waals surface area contributed by atoms with Gasteiger partial charge in [0.1, 0.15) is 17.0 Å². The molecule has 0 saturated heterocycles. The zero-order valence-electron chi connectivity index (χ0n) is 11.7. The molecule has 4 nitrogen and oxygen atoms in total. The molecule has 4 heteroatoms. The first-order chi connectivity index (χ1) is 9.16. The van der Waals surface area contributed by atoms with Gasteiger partial charge in [-0.15, -0.1) is 0 Å². The fourth-order valence-electron chi connectivity index (χ4n) is 2.90. The van der Waals surface area contributed by atoms with Gasteiger partial charge in [-0.1, -0.05) is 12.8 Å². The molecule has 1 aliphatic carbocycles. The minimum atomic E-state index is -0.492. The van der Waals surface area contributed by atoms with E-state index in [2.05, 4.69) is 4.99 Å². The maximum atomic E-state index is 10.8. The molecule has 2 rings (SSSR count). The number of aliphatic imine (C=N–C) groups is 1. The van der Waals surface area contributed by atoms with Gasteiger partial charge in [0.05, 0.1) is 14.2 Å². The summed E-state index contributed by atoms with van der Waals surface area (Å²) in [5.41, 5.74) is 1.44. The van der Waals surface area contributed by atoms with E-state index in [1.807, 2.05) is 19.1 Å². The summed E-state index contributed by atoms with van der Waals surface area (Å²) in [7, 11) is 3.28. The predicted molar refractivity (Wildman–Crippen MR) is 72.6 cm³/mol. The molecule has 0 radical (unpaired) electrons. The van der Waals surface area contributed by atoms with Gasteiger partial charge in [-0.25, -0.2) is 4.79 Å². The van der Waals surface area contributed by atoms with E-state index in [4.69, 9.17) is 9.47 Å². The average molecular weight is 261 g/mol. The molecule has 0 aromatic heterocycles. The van der Waals surface area contributed by atoms with Crippen molar-refractivity contribution >= 4 is 6.08 Å². The van der Waals surface area contributed by atoms with Crippen molar-refractivity contribution in [3.8, 4) is 11.5 Å². The first-order valence-corrected chi connectivity index (χ1v) is 6.49. The van der Waals surface area contributed by atoms with Crippen LogP contribution in [0.5, 0.6) is 11.5 Å². The number of nitrogens with zero attached hydrogens (tertiary/aromatic N) is 1. The van der Waals surface area contributed by atoms with Crippen molar-refractivity contribution in [3.05, 3.63) is 23.3 Å². The fraction of sp³-hybridized carbons (Fsp3) is 0.533. The van der Waals surface area contributed by atoms with E-state index in [0.29, 0.717) is 0 Å². The standard InChI is InChI=1S/C15H19NO3/c1-11-8-14(19-3)12(9-13(11)18-2)15(16-10-17)6-4-5-7-15/h8-9H,4-7H2,1-3H3. The molecule has 0 heterocycles. The minimum Gasteiger partial charge on any atom is -0.496 e. The molecule has 0 amide bonds. The Morgan fingerprint density at radius 3 is 2.32 bits per heavy atom. The van der Waals surface area contributed by atoms with Crippen molar-refractivity contribution in [2.24, 2.45) is 4.99 Å². The zero-order valence-corrected chi connectivity index (χ0v) is 11.7. The van der Waals surface area contributed by atoms with Crippen LogP contribution in [0.2, 0.25) is 0 Å². The lowest BCUT2D eigenvalue weighted by atomic mass is 9.87. The van der Waals surface area contributed by atoms with Crippen LogP contribution in [0.25, 0.3) is 0 Å². The second-order valence-corrected chi connectivity index (χ2v) is 4.96. The highest BCUT2D eigenvalue weighted by Gasteiger charge is 2.38. The van der Waals surface area contributed by atoms with Crippen molar-refractivity contribution in [3.63, 3.8) is 0 Å². The quantitative estimate of drug-likeness (QED) is 0.618.